The normalized spacial score (nSPS) is 12.0. The molecule has 0 amide bonds. The summed E-state index contributed by atoms with van der Waals surface area (Å²) in [7, 11) is 0. The Morgan fingerprint density at radius 3 is 1.26 bits per heavy atom. The van der Waals surface area contributed by atoms with E-state index in [2.05, 4.69) is 6.92 Å². The average molecular weight is 275 g/mol. The van der Waals surface area contributed by atoms with Crippen LogP contribution in [0.5, 0.6) is 0 Å². The van der Waals surface area contributed by atoms with E-state index >= 15 is 0 Å². The first-order valence-electron chi connectivity index (χ1n) is 8.11. The maximum absolute atomic E-state index is 10.5. The predicted octanol–water partition coefficient (Wildman–Crippen LogP) is 5.17. The molecule has 0 aromatic carbocycles. The molecular weight excluding hydrogens is 242 g/mol. The van der Waals surface area contributed by atoms with Gasteiger partial charge in [0.1, 0.15) is 6.54 Å². The number of unbranched alkanes of at least 4 members (excludes halogenated alkanes) is 12. The van der Waals surface area contributed by atoms with Crippen LogP contribution in [0.3, 0.4) is 0 Å². The Bertz CT molecular complexity index is 181. The van der Waals surface area contributed by atoms with Crippen molar-refractivity contribution in [2.45, 2.75) is 90.4 Å². The van der Waals surface area contributed by atoms with Gasteiger partial charge < -0.3 is 5.21 Å². The van der Waals surface area contributed by atoms with Crippen molar-refractivity contribution in [3.8, 4) is 0 Å². The Morgan fingerprint density at radius 1 is 0.632 bits per heavy atom. The zero-order chi connectivity index (χ0) is 14.4. The third kappa shape index (κ3) is 17.8. The standard InChI is InChI=1S/C15H33NO3/c1-2-3-4-5-6-7-8-9-10-11-12-13-14-15-16(17,18)19/h17-18H,2-15H2,1H3. The van der Waals surface area contributed by atoms with Gasteiger partial charge in [-0.3, -0.25) is 0 Å². The van der Waals surface area contributed by atoms with Gasteiger partial charge in [0.2, 0.25) is 0 Å². The number of nitrogens with zero attached hydrogens (tertiary/aromatic N) is 1. The van der Waals surface area contributed by atoms with Crippen LogP contribution in [0.4, 0.5) is 0 Å². The lowest BCUT2D eigenvalue weighted by Gasteiger charge is -2.23. The van der Waals surface area contributed by atoms with E-state index in [1.165, 1.54) is 64.2 Å². The second-order valence-corrected chi connectivity index (χ2v) is 5.63. The molecular formula is C15H33NO3. The maximum atomic E-state index is 10.5. The first kappa shape index (κ1) is 18.8. The summed E-state index contributed by atoms with van der Waals surface area (Å²) in [5.74, 6) is 0. The molecule has 19 heavy (non-hydrogen) atoms. The van der Waals surface area contributed by atoms with Crippen molar-refractivity contribution in [1.29, 1.82) is 0 Å². The van der Waals surface area contributed by atoms with Crippen LogP contribution >= 0.6 is 0 Å². The van der Waals surface area contributed by atoms with Gasteiger partial charge in [0, 0.05) is 6.42 Å². The van der Waals surface area contributed by atoms with E-state index in [1.807, 2.05) is 0 Å². The smallest absolute Gasteiger partial charge is 0.142 e. The Morgan fingerprint density at radius 2 is 0.947 bits per heavy atom. The van der Waals surface area contributed by atoms with Crippen molar-refractivity contribution in [3.05, 3.63) is 5.21 Å². The Balaban J connectivity index is 2.99. The molecule has 116 valence electrons. The summed E-state index contributed by atoms with van der Waals surface area (Å²) in [6, 6.07) is 0. The third-order valence-corrected chi connectivity index (χ3v) is 3.55. The molecule has 0 fully saturated rings. The van der Waals surface area contributed by atoms with E-state index in [-0.39, 0.29) is 6.54 Å². The van der Waals surface area contributed by atoms with E-state index in [1.54, 1.807) is 0 Å². The minimum atomic E-state index is -2.13. The van der Waals surface area contributed by atoms with Crippen LogP contribution < -0.4 is 0 Å². The number of hydroxylamine groups is 3. The second-order valence-electron chi connectivity index (χ2n) is 5.63. The first-order valence-corrected chi connectivity index (χ1v) is 8.11. The highest BCUT2D eigenvalue weighted by molar-refractivity contribution is 4.48. The van der Waals surface area contributed by atoms with Crippen molar-refractivity contribution < 1.29 is 15.4 Å². The summed E-state index contributed by atoms with van der Waals surface area (Å²) in [6.45, 7) is 2.13. The molecule has 0 aliphatic carbocycles. The zero-order valence-electron chi connectivity index (χ0n) is 12.6. The highest BCUT2D eigenvalue weighted by atomic mass is 17.1. The fraction of sp³-hybridized carbons (Fsp3) is 1.00. The lowest BCUT2D eigenvalue weighted by molar-refractivity contribution is -1.21. The number of rotatable bonds is 14. The molecule has 0 radical (unpaired) electrons. The monoisotopic (exact) mass is 275 g/mol. The highest BCUT2D eigenvalue weighted by Gasteiger charge is 2.06. The van der Waals surface area contributed by atoms with Gasteiger partial charge in [-0.05, 0) is 6.42 Å². The lowest BCUT2D eigenvalue weighted by atomic mass is 10.0. The zero-order valence-corrected chi connectivity index (χ0v) is 12.6. The van der Waals surface area contributed by atoms with Crippen molar-refractivity contribution in [3.63, 3.8) is 0 Å². The fourth-order valence-corrected chi connectivity index (χ4v) is 2.34. The van der Waals surface area contributed by atoms with E-state index in [0.29, 0.717) is 6.42 Å². The molecule has 4 nitrogen and oxygen atoms in total. The Hall–Kier alpha value is -0.160. The van der Waals surface area contributed by atoms with Gasteiger partial charge >= 0.3 is 0 Å². The molecule has 0 aliphatic heterocycles. The highest BCUT2D eigenvalue weighted by Crippen LogP contribution is 2.12. The fourth-order valence-electron chi connectivity index (χ4n) is 2.34. The molecule has 0 spiro atoms. The van der Waals surface area contributed by atoms with Gasteiger partial charge in [-0.25, -0.2) is 0 Å². The molecule has 0 rings (SSSR count). The van der Waals surface area contributed by atoms with E-state index in [9.17, 15) is 5.21 Å². The molecule has 4 heteroatoms. The SMILES string of the molecule is CCCCCCCCCCCCCCC[N+]([O-])(O)O. The molecule has 0 atom stereocenters. The summed E-state index contributed by atoms with van der Waals surface area (Å²) in [4.78, 5) is -2.13. The van der Waals surface area contributed by atoms with Crippen molar-refractivity contribution in [2.24, 2.45) is 0 Å². The van der Waals surface area contributed by atoms with Gasteiger partial charge in [-0.15, -0.1) is 0 Å². The van der Waals surface area contributed by atoms with Crippen LogP contribution in [0.25, 0.3) is 0 Å². The Kier molecular flexibility index (Phi) is 12.7. The molecule has 0 aromatic rings. The predicted molar refractivity (Wildman–Crippen MR) is 77.8 cm³/mol. The quantitative estimate of drug-likeness (QED) is 0.261. The second kappa shape index (κ2) is 12.9. The van der Waals surface area contributed by atoms with Gasteiger partial charge in [-0.2, -0.15) is 10.4 Å². The van der Waals surface area contributed by atoms with Crippen LogP contribution in [0, 0.1) is 5.21 Å². The summed E-state index contributed by atoms with van der Waals surface area (Å²) in [5.41, 5.74) is 0. The maximum Gasteiger partial charge on any atom is 0.142 e. The molecule has 0 saturated carbocycles. The lowest BCUT2D eigenvalue weighted by Crippen LogP contribution is -2.34. The van der Waals surface area contributed by atoms with Gasteiger partial charge in [-0.1, -0.05) is 82.5 Å². The van der Waals surface area contributed by atoms with E-state index in [0.717, 1.165) is 12.8 Å². The molecule has 0 aromatic heterocycles. The number of hydrogen-bond acceptors (Lipinski definition) is 3. The molecule has 0 bridgehead atoms. The third-order valence-electron chi connectivity index (χ3n) is 3.55. The van der Waals surface area contributed by atoms with Gasteiger partial charge in [0.25, 0.3) is 0 Å². The average Bonchev–Trinajstić information content (AvgIpc) is 2.34. The summed E-state index contributed by atoms with van der Waals surface area (Å²) in [5, 5.41) is 27.5. The van der Waals surface area contributed by atoms with Crippen LogP contribution in [0.1, 0.15) is 90.4 Å². The minimum absolute atomic E-state index is 0.113. The Labute approximate surface area is 118 Å². The molecule has 0 unspecified atom stereocenters. The summed E-state index contributed by atoms with van der Waals surface area (Å²) in [6.07, 6.45) is 16.0. The molecule has 0 aliphatic rings. The molecule has 2 N–H and O–H groups in total. The topological polar surface area (TPSA) is 63.5 Å². The molecule has 0 heterocycles. The van der Waals surface area contributed by atoms with E-state index in [4.69, 9.17) is 10.4 Å². The molecule has 0 saturated heterocycles. The summed E-state index contributed by atoms with van der Waals surface area (Å²) >= 11 is 0. The van der Waals surface area contributed by atoms with E-state index < -0.39 is 4.97 Å². The van der Waals surface area contributed by atoms with Crippen molar-refractivity contribution in [2.75, 3.05) is 6.54 Å². The minimum Gasteiger partial charge on any atom is -0.564 e. The van der Waals surface area contributed by atoms with Gasteiger partial charge in [0.15, 0.2) is 0 Å². The largest absolute Gasteiger partial charge is 0.564 e. The number of hydrogen-bond donors (Lipinski definition) is 2. The summed E-state index contributed by atoms with van der Waals surface area (Å²) < 4.78 is 0. The van der Waals surface area contributed by atoms with Crippen LogP contribution in [-0.2, 0) is 0 Å². The van der Waals surface area contributed by atoms with Crippen molar-refractivity contribution >= 4 is 0 Å². The number of quaternary nitrogens is 1. The van der Waals surface area contributed by atoms with Crippen molar-refractivity contribution in [1.82, 2.24) is 0 Å². The van der Waals surface area contributed by atoms with Crippen LogP contribution in [0.2, 0.25) is 0 Å². The van der Waals surface area contributed by atoms with Crippen LogP contribution in [0.15, 0.2) is 0 Å². The van der Waals surface area contributed by atoms with Crippen LogP contribution in [-0.4, -0.2) is 21.9 Å². The van der Waals surface area contributed by atoms with Gasteiger partial charge in [0.05, 0.1) is 0 Å². The first-order chi connectivity index (χ1) is 9.06.